The highest BCUT2D eigenvalue weighted by Crippen LogP contribution is 2.15. The van der Waals surface area contributed by atoms with Crippen molar-refractivity contribution in [3.63, 3.8) is 0 Å². The third kappa shape index (κ3) is 3.36. The smallest absolute Gasteiger partial charge is 0.246 e. The lowest BCUT2D eigenvalue weighted by Crippen LogP contribution is -2.25. The molecule has 0 saturated carbocycles. The van der Waals surface area contributed by atoms with E-state index in [-0.39, 0.29) is 5.91 Å². The second-order valence-electron chi connectivity index (χ2n) is 4.37. The van der Waals surface area contributed by atoms with Crippen molar-refractivity contribution < 1.29 is 9.53 Å². The molecule has 0 bridgehead atoms. The summed E-state index contributed by atoms with van der Waals surface area (Å²) in [4.78, 5) is 13.7. The lowest BCUT2D eigenvalue weighted by molar-refractivity contribution is -0.124. The fourth-order valence-electron chi connectivity index (χ4n) is 2.09. The van der Waals surface area contributed by atoms with Crippen LogP contribution in [-0.2, 0) is 4.79 Å². The molecule has 1 heterocycles. The highest BCUT2D eigenvalue weighted by Gasteiger charge is 2.14. The topological polar surface area (TPSA) is 29.5 Å². The minimum absolute atomic E-state index is 0.106. The van der Waals surface area contributed by atoms with E-state index < -0.39 is 0 Å². The van der Waals surface area contributed by atoms with Crippen LogP contribution in [0.4, 0.5) is 0 Å². The molecule has 0 atom stereocenters. The predicted octanol–water partition coefficient (Wildman–Crippen LogP) is 2.72. The number of hydrogen-bond acceptors (Lipinski definition) is 2. The standard InChI is InChI=1S/C15H19NO2/c1-2-18-14-7-5-6-13(12-14)8-9-15(17)16-10-3-4-11-16/h5-9,12H,2-4,10-11H2,1H3/b9-8+. The molecule has 0 radical (unpaired) electrons. The van der Waals surface area contributed by atoms with Gasteiger partial charge in [0.25, 0.3) is 0 Å². The number of nitrogens with zero attached hydrogens (tertiary/aromatic N) is 1. The minimum atomic E-state index is 0.106. The van der Waals surface area contributed by atoms with Crippen LogP contribution in [0.25, 0.3) is 6.08 Å². The Kier molecular flexibility index (Phi) is 4.40. The molecule has 96 valence electrons. The van der Waals surface area contributed by atoms with Gasteiger partial charge in [-0.25, -0.2) is 0 Å². The first-order valence-corrected chi connectivity index (χ1v) is 6.49. The van der Waals surface area contributed by atoms with Gasteiger partial charge in [0.2, 0.25) is 5.91 Å². The number of amides is 1. The van der Waals surface area contributed by atoms with Crippen molar-refractivity contribution in [1.82, 2.24) is 4.90 Å². The van der Waals surface area contributed by atoms with Crippen LogP contribution in [-0.4, -0.2) is 30.5 Å². The summed E-state index contributed by atoms with van der Waals surface area (Å²) in [6, 6.07) is 7.77. The van der Waals surface area contributed by atoms with Crippen LogP contribution in [0.2, 0.25) is 0 Å². The van der Waals surface area contributed by atoms with E-state index in [1.54, 1.807) is 6.08 Å². The number of likely N-dealkylation sites (tertiary alicyclic amines) is 1. The number of carbonyl (C=O) groups excluding carboxylic acids is 1. The van der Waals surface area contributed by atoms with Crippen molar-refractivity contribution in [1.29, 1.82) is 0 Å². The van der Waals surface area contributed by atoms with E-state index in [9.17, 15) is 4.79 Å². The second kappa shape index (κ2) is 6.24. The van der Waals surface area contributed by atoms with Crippen LogP contribution in [0, 0.1) is 0 Å². The van der Waals surface area contributed by atoms with Gasteiger partial charge < -0.3 is 9.64 Å². The number of carbonyl (C=O) groups is 1. The Morgan fingerprint density at radius 3 is 2.89 bits per heavy atom. The van der Waals surface area contributed by atoms with Gasteiger partial charge in [0.15, 0.2) is 0 Å². The molecule has 2 rings (SSSR count). The van der Waals surface area contributed by atoms with Gasteiger partial charge in [0.05, 0.1) is 6.61 Å². The Bertz CT molecular complexity index is 434. The zero-order valence-electron chi connectivity index (χ0n) is 10.8. The van der Waals surface area contributed by atoms with Crippen LogP contribution in [0.1, 0.15) is 25.3 Å². The predicted molar refractivity (Wildman–Crippen MR) is 72.5 cm³/mol. The molecule has 0 aliphatic carbocycles. The zero-order chi connectivity index (χ0) is 12.8. The Balaban J connectivity index is 1.99. The molecule has 18 heavy (non-hydrogen) atoms. The first-order valence-electron chi connectivity index (χ1n) is 6.49. The third-order valence-corrected chi connectivity index (χ3v) is 3.01. The minimum Gasteiger partial charge on any atom is -0.494 e. The van der Waals surface area contributed by atoms with Crippen molar-refractivity contribution in [2.24, 2.45) is 0 Å². The second-order valence-corrected chi connectivity index (χ2v) is 4.37. The first-order chi connectivity index (χ1) is 8.79. The Labute approximate surface area is 108 Å². The number of benzene rings is 1. The monoisotopic (exact) mass is 245 g/mol. The Morgan fingerprint density at radius 1 is 1.39 bits per heavy atom. The lowest BCUT2D eigenvalue weighted by Gasteiger charge is -2.11. The molecule has 0 N–H and O–H groups in total. The molecule has 1 aromatic carbocycles. The first kappa shape index (κ1) is 12.7. The van der Waals surface area contributed by atoms with Gasteiger partial charge in [-0.15, -0.1) is 0 Å². The summed E-state index contributed by atoms with van der Waals surface area (Å²) < 4.78 is 5.42. The van der Waals surface area contributed by atoms with E-state index in [0.717, 1.165) is 37.2 Å². The van der Waals surface area contributed by atoms with Gasteiger partial charge in [-0.1, -0.05) is 12.1 Å². The SMILES string of the molecule is CCOc1cccc(/C=C/C(=O)N2CCCC2)c1. The van der Waals surface area contributed by atoms with Gasteiger partial charge in [-0.05, 0) is 43.5 Å². The molecule has 0 spiro atoms. The molecule has 1 fully saturated rings. The Morgan fingerprint density at radius 2 is 2.17 bits per heavy atom. The van der Waals surface area contributed by atoms with Gasteiger partial charge in [0.1, 0.15) is 5.75 Å². The highest BCUT2D eigenvalue weighted by molar-refractivity contribution is 5.91. The molecule has 0 aromatic heterocycles. The fourth-order valence-corrected chi connectivity index (χ4v) is 2.09. The fraction of sp³-hybridized carbons (Fsp3) is 0.400. The van der Waals surface area contributed by atoms with Gasteiger partial charge in [-0.3, -0.25) is 4.79 Å². The van der Waals surface area contributed by atoms with E-state index in [2.05, 4.69) is 0 Å². The molecular formula is C15H19NO2. The van der Waals surface area contributed by atoms with E-state index in [1.165, 1.54) is 0 Å². The van der Waals surface area contributed by atoms with Crippen molar-refractivity contribution in [3.05, 3.63) is 35.9 Å². The van der Waals surface area contributed by atoms with Crippen LogP contribution < -0.4 is 4.74 Å². The maximum absolute atomic E-state index is 11.8. The summed E-state index contributed by atoms with van der Waals surface area (Å²) in [6.45, 7) is 4.39. The van der Waals surface area contributed by atoms with Crippen LogP contribution >= 0.6 is 0 Å². The van der Waals surface area contributed by atoms with Crippen molar-refractivity contribution in [2.75, 3.05) is 19.7 Å². The van der Waals surface area contributed by atoms with E-state index in [4.69, 9.17) is 4.74 Å². The molecule has 3 nitrogen and oxygen atoms in total. The third-order valence-electron chi connectivity index (χ3n) is 3.01. The number of hydrogen-bond donors (Lipinski definition) is 0. The quantitative estimate of drug-likeness (QED) is 0.763. The molecule has 3 heteroatoms. The molecule has 0 unspecified atom stereocenters. The van der Waals surface area contributed by atoms with Gasteiger partial charge in [0, 0.05) is 19.2 Å². The van der Waals surface area contributed by atoms with Gasteiger partial charge >= 0.3 is 0 Å². The maximum atomic E-state index is 11.8. The highest BCUT2D eigenvalue weighted by atomic mass is 16.5. The summed E-state index contributed by atoms with van der Waals surface area (Å²) in [6.07, 6.45) is 5.75. The van der Waals surface area contributed by atoms with Crippen LogP contribution in [0.5, 0.6) is 5.75 Å². The van der Waals surface area contributed by atoms with Gasteiger partial charge in [-0.2, -0.15) is 0 Å². The molecule has 1 amide bonds. The normalized spacial score (nSPS) is 15.3. The van der Waals surface area contributed by atoms with Crippen LogP contribution in [0.15, 0.2) is 30.3 Å². The van der Waals surface area contributed by atoms with Crippen molar-refractivity contribution in [2.45, 2.75) is 19.8 Å². The molecule has 1 saturated heterocycles. The average Bonchev–Trinajstić information content (AvgIpc) is 2.91. The maximum Gasteiger partial charge on any atom is 0.246 e. The van der Waals surface area contributed by atoms with Crippen LogP contribution in [0.3, 0.4) is 0 Å². The molecule has 1 aromatic rings. The molecule has 1 aliphatic heterocycles. The summed E-state index contributed by atoms with van der Waals surface area (Å²) in [5, 5.41) is 0. The van der Waals surface area contributed by atoms with E-state index >= 15 is 0 Å². The Hall–Kier alpha value is -1.77. The summed E-state index contributed by atoms with van der Waals surface area (Å²) in [7, 11) is 0. The molecule has 1 aliphatic rings. The summed E-state index contributed by atoms with van der Waals surface area (Å²) in [5.74, 6) is 0.947. The van der Waals surface area contributed by atoms with E-state index in [1.807, 2.05) is 42.2 Å². The lowest BCUT2D eigenvalue weighted by atomic mass is 10.2. The largest absolute Gasteiger partial charge is 0.494 e. The van der Waals surface area contributed by atoms with E-state index in [0.29, 0.717) is 6.61 Å². The summed E-state index contributed by atoms with van der Waals surface area (Å²) >= 11 is 0. The van der Waals surface area contributed by atoms with Crippen molar-refractivity contribution in [3.8, 4) is 5.75 Å². The molecular weight excluding hydrogens is 226 g/mol. The average molecular weight is 245 g/mol. The van der Waals surface area contributed by atoms with Crippen molar-refractivity contribution >= 4 is 12.0 Å². The number of rotatable bonds is 4. The zero-order valence-corrected chi connectivity index (χ0v) is 10.8. The number of ether oxygens (including phenoxy) is 1. The summed E-state index contributed by atoms with van der Waals surface area (Å²) in [5.41, 5.74) is 0.994.